The maximum absolute atomic E-state index is 5.81. The van der Waals surface area contributed by atoms with Crippen molar-refractivity contribution >= 4 is 5.69 Å². The fourth-order valence-corrected chi connectivity index (χ4v) is 1.63. The molecule has 1 aliphatic rings. The van der Waals surface area contributed by atoms with Crippen LogP contribution >= 0.6 is 0 Å². The van der Waals surface area contributed by atoms with Gasteiger partial charge in [-0.1, -0.05) is 52.8 Å². The molecule has 0 saturated heterocycles. The summed E-state index contributed by atoms with van der Waals surface area (Å²) in [7, 11) is 0. The van der Waals surface area contributed by atoms with Crippen molar-refractivity contribution in [3.05, 3.63) is 47.9 Å². The molecule has 1 aromatic carbocycles. The Morgan fingerprint density at radius 2 is 1.74 bits per heavy atom. The zero-order valence-electron chi connectivity index (χ0n) is 13.1. The lowest BCUT2D eigenvalue weighted by Crippen LogP contribution is -2.12. The van der Waals surface area contributed by atoms with Crippen LogP contribution in [0.4, 0.5) is 5.69 Å². The standard InChI is InChI=1S/C13H15NO.2C2H6/c1-3-7-10-12(4-2)15-13-9-6-5-8-11(13)14-10;2*1-2/h3,5-9,14H,4H2,1-2H3;2*1-2H3/b7-3-;;. The Morgan fingerprint density at radius 1 is 1.11 bits per heavy atom. The van der Waals surface area contributed by atoms with E-state index < -0.39 is 0 Å². The van der Waals surface area contributed by atoms with Gasteiger partial charge in [0.1, 0.15) is 11.5 Å². The molecular formula is C17H27NO. The van der Waals surface area contributed by atoms with Gasteiger partial charge in [-0.3, -0.25) is 0 Å². The average molecular weight is 261 g/mol. The van der Waals surface area contributed by atoms with E-state index in [0.29, 0.717) is 0 Å². The first-order valence-electron chi connectivity index (χ1n) is 7.25. The summed E-state index contributed by atoms with van der Waals surface area (Å²) in [4.78, 5) is 0. The summed E-state index contributed by atoms with van der Waals surface area (Å²) in [5.74, 6) is 1.90. The van der Waals surface area contributed by atoms with Gasteiger partial charge in [-0.05, 0) is 25.1 Å². The quantitative estimate of drug-likeness (QED) is 0.732. The number of fused-ring (bicyclic) bond motifs is 1. The van der Waals surface area contributed by atoms with Crippen LogP contribution in [-0.4, -0.2) is 0 Å². The van der Waals surface area contributed by atoms with Crippen LogP contribution in [0.1, 0.15) is 48.0 Å². The maximum atomic E-state index is 5.81. The van der Waals surface area contributed by atoms with Crippen LogP contribution in [0.5, 0.6) is 5.75 Å². The third-order valence-electron chi connectivity index (χ3n) is 2.34. The molecule has 1 aliphatic heterocycles. The van der Waals surface area contributed by atoms with Crippen molar-refractivity contribution in [2.75, 3.05) is 5.32 Å². The molecule has 2 heteroatoms. The van der Waals surface area contributed by atoms with E-state index in [1.165, 1.54) is 0 Å². The second-order valence-electron chi connectivity index (χ2n) is 3.41. The number of ether oxygens (including phenoxy) is 1. The van der Waals surface area contributed by atoms with Gasteiger partial charge >= 0.3 is 0 Å². The highest BCUT2D eigenvalue weighted by Crippen LogP contribution is 2.33. The molecule has 0 saturated carbocycles. The van der Waals surface area contributed by atoms with Crippen molar-refractivity contribution in [2.24, 2.45) is 0 Å². The van der Waals surface area contributed by atoms with Crippen LogP contribution in [0, 0.1) is 0 Å². The third-order valence-corrected chi connectivity index (χ3v) is 2.34. The average Bonchev–Trinajstić information content (AvgIpc) is 2.51. The van der Waals surface area contributed by atoms with Gasteiger partial charge in [-0.15, -0.1) is 0 Å². The monoisotopic (exact) mass is 261 g/mol. The molecule has 0 unspecified atom stereocenters. The minimum atomic E-state index is 0.890. The Morgan fingerprint density at radius 3 is 2.32 bits per heavy atom. The second-order valence-corrected chi connectivity index (χ2v) is 3.41. The molecule has 106 valence electrons. The number of benzene rings is 1. The minimum Gasteiger partial charge on any atom is -0.457 e. The van der Waals surface area contributed by atoms with E-state index in [4.69, 9.17) is 4.74 Å². The molecule has 1 aromatic rings. The summed E-state index contributed by atoms with van der Waals surface area (Å²) in [6.07, 6.45) is 4.94. The molecule has 2 rings (SSSR count). The van der Waals surface area contributed by atoms with Crippen LogP contribution in [-0.2, 0) is 0 Å². The van der Waals surface area contributed by atoms with Crippen LogP contribution in [0.15, 0.2) is 47.9 Å². The van der Waals surface area contributed by atoms with E-state index in [2.05, 4.69) is 12.2 Å². The lowest BCUT2D eigenvalue weighted by atomic mass is 10.2. The van der Waals surface area contributed by atoms with Crippen LogP contribution in [0.3, 0.4) is 0 Å². The summed E-state index contributed by atoms with van der Waals surface area (Å²) in [5, 5.41) is 3.37. The number of hydrogen-bond acceptors (Lipinski definition) is 2. The summed E-state index contributed by atoms with van der Waals surface area (Å²) >= 11 is 0. The molecule has 0 amide bonds. The molecule has 1 N–H and O–H groups in total. The Hall–Kier alpha value is -1.70. The van der Waals surface area contributed by atoms with E-state index in [1.807, 2.05) is 71.0 Å². The van der Waals surface area contributed by atoms with Gasteiger partial charge in [0, 0.05) is 6.42 Å². The number of allylic oxidation sites excluding steroid dienone is 3. The van der Waals surface area contributed by atoms with Gasteiger partial charge in [0.25, 0.3) is 0 Å². The molecule has 0 aliphatic carbocycles. The third kappa shape index (κ3) is 4.82. The topological polar surface area (TPSA) is 21.3 Å². The van der Waals surface area contributed by atoms with Gasteiger partial charge < -0.3 is 10.1 Å². The molecular weight excluding hydrogens is 234 g/mol. The zero-order valence-corrected chi connectivity index (χ0v) is 13.1. The van der Waals surface area contributed by atoms with Gasteiger partial charge in [-0.25, -0.2) is 0 Å². The minimum absolute atomic E-state index is 0.890. The van der Waals surface area contributed by atoms with Gasteiger partial charge in [-0.2, -0.15) is 0 Å². The number of anilines is 1. The first-order chi connectivity index (χ1) is 9.35. The SMILES string of the molecule is C/C=C\C1=C(CC)Oc2ccccc2N1.CC.CC. The molecule has 19 heavy (non-hydrogen) atoms. The van der Waals surface area contributed by atoms with Crippen LogP contribution in [0.25, 0.3) is 0 Å². The first-order valence-corrected chi connectivity index (χ1v) is 7.25. The maximum Gasteiger partial charge on any atom is 0.150 e. The molecule has 0 atom stereocenters. The molecule has 0 aromatic heterocycles. The Balaban J connectivity index is 0.000000741. The van der Waals surface area contributed by atoms with E-state index >= 15 is 0 Å². The number of rotatable bonds is 2. The van der Waals surface area contributed by atoms with Crippen molar-refractivity contribution in [3.8, 4) is 5.75 Å². The summed E-state index contributed by atoms with van der Waals surface area (Å²) in [6, 6.07) is 7.98. The van der Waals surface area contributed by atoms with Crippen molar-refractivity contribution in [3.63, 3.8) is 0 Å². The smallest absolute Gasteiger partial charge is 0.150 e. The van der Waals surface area contributed by atoms with E-state index in [1.54, 1.807) is 0 Å². The number of nitrogens with one attached hydrogen (secondary N) is 1. The molecule has 2 nitrogen and oxygen atoms in total. The largest absolute Gasteiger partial charge is 0.457 e. The van der Waals surface area contributed by atoms with E-state index in [0.717, 1.165) is 29.3 Å². The summed E-state index contributed by atoms with van der Waals surface area (Å²) < 4.78 is 5.81. The highest BCUT2D eigenvalue weighted by Gasteiger charge is 2.15. The van der Waals surface area contributed by atoms with Crippen molar-refractivity contribution in [1.29, 1.82) is 0 Å². The predicted octanol–water partition coefficient (Wildman–Crippen LogP) is 5.74. The molecule has 1 heterocycles. The molecule has 0 bridgehead atoms. The van der Waals surface area contributed by atoms with E-state index in [9.17, 15) is 0 Å². The van der Waals surface area contributed by atoms with Crippen molar-refractivity contribution < 1.29 is 4.74 Å². The lowest BCUT2D eigenvalue weighted by Gasteiger charge is -2.22. The number of para-hydroxylation sites is 2. The summed E-state index contributed by atoms with van der Waals surface area (Å²) in [5.41, 5.74) is 2.08. The van der Waals surface area contributed by atoms with Gasteiger partial charge in [0.15, 0.2) is 0 Å². The van der Waals surface area contributed by atoms with Crippen molar-refractivity contribution in [1.82, 2.24) is 0 Å². The molecule has 0 radical (unpaired) electrons. The predicted molar refractivity (Wildman–Crippen MR) is 85.5 cm³/mol. The molecule has 0 spiro atoms. The second kappa shape index (κ2) is 10.2. The highest BCUT2D eigenvalue weighted by atomic mass is 16.5. The highest BCUT2D eigenvalue weighted by molar-refractivity contribution is 5.64. The van der Waals surface area contributed by atoms with Gasteiger partial charge in [0.05, 0.1) is 11.4 Å². The fraction of sp³-hybridized carbons (Fsp3) is 0.412. The van der Waals surface area contributed by atoms with Crippen LogP contribution in [0.2, 0.25) is 0 Å². The normalized spacial score (nSPS) is 12.3. The van der Waals surface area contributed by atoms with Gasteiger partial charge in [0.2, 0.25) is 0 Å². The Labute approximate surface area is 118 Å². The summed E-state index contributed by atoms with van der Waals surface area (Å²) in [6.45, 7) is 12.1. The van der Waals surface area contributed by atoms with Crippen LogP contribution < -0.4 is 10.1 Å². The Kier molecular flexibility index (Phi) is 9.33. The Bertz CT molecular complexity index is 419. The lowest BCUT2D eigenvalue weighted by molar-refractivity contribution is 0.400. The first kappa shape index (κ1) is 17.3. The molecule has 0 fully saturated rings. The zero-order chi connectivity index (χ0) is 14.7. The van der Waals surface area contributed by atoms with E-state index in [-0.39, 0.29) is 0 Å². The van der Waals surface area contributed by atoms with Crippen molar-refractivity contribution in [2.45, 2.75) is 48.0 Å². The number of hydrogen-bond donors (Lipinski definition) is 1. The fourth-order valence-electron chi connectivity index (χ4n) is 1.63.